The summed E-state index contributed by atoms with van der Waals surface area (Å²) in [5.74, 6) is 0. The predicted octanol–water partition coefficient (Wildman–Crippen LogP) is 2.38. The molecule has 0 amide bonds. The number of nitrogens with two attached hydrogens (primary N) is 1. The van der Waals surface area contributed by atoms with Crippen LogP contribution in [0, 0.1) is 0 Å². The fourth-order valence-corrected chi connectivity index (χ4v) is 2.97. The molecule has 0 aromatic heterocycles. The molecule has 0 aliphatic heterocycles. The highest BCUT2D eigenvalue weighted by Gasteiger charge is 2.37. The van der Waals surface area contributed by atoms with Crippen LogP contribution < -0.4 is 5.73 Å². The van der Waals surface area contributed by atoms with Gasteiger partial charge < -0.3 is 10.8 Å². The smallest absolute Gasteiger partial charge is 0.0944 e. The summed E-state index contributed by atoms with van der Waals surface area (Å²) in [6.45, 7) is 4.23. The van der Waals surface area contributed by atoms with E-state index in [9.17, 15) is 5.11 Å². The summed E-state index contributed by atoms with van der Waals surface area (Å²) in [4.78, 5) is 0. The molecular formula is C12H16ClNO. The molecule has 1 aromatic rings. The minimum atomic E-state index is -0.591. The van der Waals surface area contributed by atoms with E-state index in [-0.39, 0.29) is 11.5 Å². The van der Waals surface area contributed by atoms with Crippen LogP contribution in [0.4, 0.5) is 0 Å². The molecule has 3 N–H and O–H groups in total. The van der Waals surface area contributed by atoms with E-state index in [0.717, 1.165) is 22.6 Å². The van der Waals surface area contributed by atoms with Crippen LogP contribution in [0.15, 0.2) is 18.2 Å². The summed E-state index contributed by atoms with van der Waals surface area (Å²) in [5.41, 5.74) is 7.79. The van der Waals surface area contributed by atoms with Crippen molar-refractivity contribution in [1.82, 2.24) is 0 Å². The van der Waals surface area contributed by atoms with Crippen LogP contribution in [0.5, 0.6) is 0 Å². The van der Waals surface area contributed by atoms with Crippen molar-refractivity contribution in [2.75, 3.05) is 0 Å². The van der Waals surface area contributed by atoms with Crippen molar-refractivity contribution in [3.05, 3.63) is 34.3 Å². The van der Waals surface area contributed by atoms with Crippen LogP contribution in [0.3, 0.4) is 0 Å². The van der Waals surface area contributed by atoms with Gasteiger partial charge in [0.25, 0.3) is 0 Å². The molecule has 2 nitrogen and oxygen atoms in total. The molecule has 15 heavy (non-hydrogen) atoms. The molecule has 0 saturated carbocycles. The first-order valence-electron chi connectivity index (χ1n) is 5.16. The average Bonchev–Trinajstić information content (AvgIpc) is 2.13. The van der Waals surface area contributed by atoms with Crippen LogP contribution in [-0.2, 0) is 5.41 Å². The van der Waals surface area contributed by atoms with Crippen molar-refractivity contribution in [2.24, 2.45) is 5.73 Å². The molecule has 2 atom stereocenters. The van der Waals surface area contributed by atoms with Crippen molar-refractivity contribution in [3.63, 3.8) is 0 Å². The Morgan fingerprint density at radius 3 is 2.80 bits per heavy atom. The second-order valence-corrected chi connectivity index (χ2v) is 5.31. The molecular weight excluding hydrogens is 210 g/mol. The summed E-state index contributed by atoms with van der Waals surface area (Å²) in [5, 5.41) is 10.7. The zero-order valence-electron chi connectivity index (χ0n) is 9.00. The third kappa shape index (κ3) is 1.67. The van der Waals surface area contributed by atoms with Gasteiger partial charge in [-0.3, -0.25) is 0 Å². The number of hydrogen-bond donors (Lipinski definition) is 2. The lowest BCUT2D eigenvalue weighted by Crippen LogP contribution is -2.41. The third-order valence-electron chi connectivity index (χ3n) is 3.19. The predicted molar refractivity (Wildman–Crippen MR) is 62.0 cm³/mol. The maximum atomic E-state index is 10.0. The molecule has 82 valence electrons. The van der Waals surface area contributed by atoms with Crippen LogP contribution in [0.25, 0.3) is 0 Å². The standard InChI is InChI=1S/C12H16ClNO/c1-12(2)6-9(14)11(15)7-4-3-5-8(13)10(7)12/h3-5,9,11,15H,6,14H2,1-2H3. The van der Waals surface area contributed by atoms with Gasteiger partial charge in [-0.25, -0.2) is 0 Å². The van der Waals surface area contributed by atoms with Gasteiger partial charge in [0, 0.05) is 11.1 Å². The lowest BCUT2D eigenvalue weighted by Gasteiger charge is -2.39. The van der Waals surface area contributed by atoms with Crippen molar-refractivity contribution < 1.29 is 5.11 Å². The average molecular weight is 226 g/mol. The Balaban J connectivity index is 2.64. The van der Waals surface area contributed by atoms with Gasteiger partial charge >= 0.3 is 0 Å². The number of benzene rings is 1. The summed E-state index contributed by atoms with van der Waals surface area (Å²) in [6.07, 6.45) is 0.164. The van der Waals surface area contributed by atoms with E-state index in [1.54, 1.807) is 0 Å². The Bertz CT molecular complexity index is 389. The van der Waals surface area contributed by atoms with E-state index in [2.05, 4.69) is 13.8 Å². The first-order valence-corrected chi connectivity index (χ1v) is 5.54. The van der Waals surface area contributed by atoms with Gasteiger partial charge in [0.2, 0.25) is 0 Å². The molecule has 2 unspecified atom stereocenters. The number of hydrogen-bond acceptors (Lipinski definition) is 2. The molecule has 0 radical (unpaired) electrons. The summed E-state index contributed by atoms with van der Waals surface area (Å²) >= 11 is 6.19. The molecule has 3 heteroatoms. The highest BCUT2D eigenvalue weighted by atomic mass is 35.5. The maximum absolute atomic E-state index is 10.0. The third-order valence-corrected chi connectivity index (χ3v) is 3.51. The Morgan fingerprint density at radius 2 is 2.13 bits per heavy atom. The van der Waals surface area contributed by atoms with E-state index in [1.165, 1.54) is 0 Å². The first kappa shape index (κ1) is 10.9. The molecule has 2 rings (SSSR count). The second-order valence-electron chi connectivity index (χ2n) is 4.90. The van der Waals surface area contributed by atoms with E-state index >= 15 is 0 Å². The lowest BCUT2D eigenvalue weighted by molar-refractivity contribution is 0.116. The summed E-state index contributed by atoms with van der Waals surface area (Å²) in [7, 11) is 0. The first-order chi connectivity index (χ1) is 6.93. The zero-order chi connectivity index (χ0) is 11.2. The number of rotatable bonds is 0. The molecule has 0 saturated heterocycles. The van der Waals surface area contributed by atoms with Crippen LogP contribution in [-0.4, -0.2) is 11.1 Å². The Morgan fingerprint density at radius 1 is 1.47 bits per heavy atom. The number of halogens is 1. The summed E-state index contributed by atoms with van der Waals surface area (Å²) < 4.78 is 0. The van der Waals surface area contributed by atoms with Gasteiger partial charge in [0.1, 0.15) is 0 Å². The van der Waals surface area contributed by atoms with Gasteiger partial charge in [0.05, 0.1) is 6.10 Å². The molecule has 0 spiro atoms. The second kappa shape index (κ2) is 3.48. The van der Waals surface area contributed by atoms with Gasteiger partial charge in [-0.2, -0.15) is 0 Å². The number of aliphatic hydroxyl groups is 1. The van der Waals surface area contributed by atoms with Crippen molar-refractivity contribution >= 4 is 11.6 Å². The topological polar surface area (TPSA) is 46.2 Å². The highest BCUT2D eigenvalue weighted by molar-refractivity contribution is 6.31. The number of fused-ring (bicyclic) bond motifs is 1. The molecule has 0 fully saturated rings. The normalized spacial score (nSPS) is 28.6. The molecule has 1 aliphatic carbocycles. The molecule has 0 bridgehead atoms. The quantitative estimate of drug-likeness (QED) is 0.712. The van der Waals surface area contributed by atoms with Gasteiger partial charge in [-0.05, 0) is 29.0 Å². The fraction of sp³-hybridized carbons (Fsp3) is 0.500. The minimum absolute atomic E-state index is 0.0632. The van der Waals surface area contributed by atoms with E-state index in [4.69, 9.17) is 17.3 Å². The SMILES string of the molecule is CC1(C)CC(N)C(O)c2cccc(Cl)c21. The summed E-state index contributed by atoms with van der Waals surface area (Å²) in [6, 6.07) is 5.43. The van der Waals surface area contributed by atoms with Crippen molar-refractivity contribution in [2.45, 2.75) is 37.8 Å². The van der Waals surface area contributed by atoms with Crippen LogP contribution in [0.2, 0.25) is 5.02 Å². The minimum Gasteiger partial charge on any atom is -0.387 e. The Labute approximate surface area is 95.1 Å². The Hall–Kier alpha value is -0.570. The maximum Gasteiger partial charge on any atom is 0.0944 e. The van der Waals surface area contributed by atoms with Crippen molar-refractivity contribution in [3.8, 4) is 0 Å². The van der Waals surface area contributed by atoms with Gasteiger partial charge in [0.15, 0.2) is 0 Å². The molecule has 1 aromatic carbocycles. The fourth-order valence-electron chi connectivity index (χ4n) is 2.53. The van der Waals surface area contributed by atoms with Crippen LogP contribution >= 0.6 is 11.6 Å². The highest BCUT2D eigenvalue weighted by Crippen LogP contribution is 2.44. The number of aliphatic hydroxyl groups excluding tert-OH is 1. The van der Waals surface area contributed by atoms with E-state index < -0.39 is 6.10 Å². The van der Waals surface area contributed by atoms with E-state index in [1.807, 2.05) is 18.2 Å². The van der Waals surface area contributed by atoms with Crippen LogP contribution in [0.1, 0.15) is 37.5 Å². The Kier molecular flexibility index (Phi) is 2.53. The van der Waals surface area contributed by atoms with E-state index in [0.29, 0.717) is 0 Å². The monoisotopic (exact) mass is 225 g/mol. The van der Waals surface area contributed by atoms with Gasteiger partial charge in [-0.15, -0.1) is 0 Å². The molecule has 0 heterocycles. The van der Waals surface area contributed by atoms with Crippen molar-refractivity contribution in [1.29, 1.82) is 0 Å². The zero-order valence-corrected chi connectivity index (χ0v) is 9.75. The molecule has 1 aliphatic rings. The lowest BCUT2D eigenvalue weighted by atomic mass is 9.70. The van der Waals surface area contributed by atoms with Gasteiger partial charge in [-0.1, -0.05) is 37.6 Å². The largest absolute Gasteiger partial charge is 0.387 e.